The maximum absolute atomic E-state index is 4.66. The quantitative estimate of drug-likeness (QED) is 0.682. The van der Waals surface area contributed by atoms with E-state index in [4.69, 9.17) is 0 Å². The number of hydrogen-bond donors (Lipinski definition) is 0. The van der Waals surface area contributed by atoms with Crippen LogP contribution in [0.2, 0.25) is 0 Å². The summed E-state index contributed by atoms with van der Waals surface area (Å²) < 4.78 is 2.04. The molecule has 2 heterocycles. The van der Waals surface area contributed by atoms with Gasteiger partial charge in [-0.2, -0.15) is 0 Å². The summed E-state index contributed by atoms with van der Waals surface area (Å²) in [6, 6.07) is 14.3. The zero-order chi connectivity index (χ0) is 12.5. The van der Waals surface area contributed by atoms with Crippen LogP contribution in [0.25, 0.3) is 16.9 Å². The van der Waals surface area contributed by atoms with Crippen LogP contribution >= 0.6 is 0 Å². The zero-order valence-corrected chi connectivity index (χ0v) is 10.5. The molecular weight excluding hydrogens is 222 g/mol. The van der Waals surface area contributed by atoms with Gasteiger partial charge >= 0.3 is 0 Å². The lowest BCUT2D eigenvalue weighted by molar-refractivity contribution is 1.13. The number of para-hydroxylation sites is 1. The first kappa shape index (κ1) is 10.8. The van der Waals surface area contributed by atoms with Crippen LogP contribution in [-0.2, 0) is 0 Å². The monoisotopic (exact) mass is 237 g/mol. The van der Waals surface area contributed by atoms with Crippen molar-refractivity contribution in [3.05, 3.63) is 54.9 Å². The fraction of sp³-hybridized carbons (Fsp3) is 0.133. The van der Waals surface area contributed by atoms with E-state index < -0.39 is 0 Å². The smallest absolute Gasteiger partial charge is 0.137 e. The molecule has 0 bridgehead atoms. The first-order chi connectivity index (χ1) is 8.75. The normalized spacial score (nSPS) is 10.8. The van der Waals surface area contributed by atoms with E-state index in [2.05, 4.69) is 48.4 Å². The van der Waals surface area contributed by atoms with Crippen LogP contribution in [0.1, 0.15) is 0 Å². The van der Waals surface area contributed by atoms with Crippen molar-refractivity contribution in [2.24, 2.45) is 0 Å². The van der Waals surface area contributed by atoms with Gasteiger partial charge in [-0.15, -0.1) is 0 Å². The Bertz CT molecular complexity index is 650. The second-order valence-electron chi connectivity index (χ2n) is 4.50. The summed E-state index contributed by atoms with van der Waals surface area (Å²) in [5.41, 5.74) is 4.32. The van der Waals surface area contributed by atoms with E-state index in [1.165, 1.54) is 5.69 Å². The molecule has 3 nitrogen and oxygen atoms in total. The summed E-state index contributed by atoms with van der Waals surface area (Å²) >= 11 is 0. The average molecular weight is 237 g/mol. The number of imidazole rings is 1. The standard InChI is InChI=1S/C15H15N3/c1-17(2)14-8-4-3-7-12(14)13-11-18-10-6-5-9-15(18)16-13/h3-11H,1-2H3. The van der Waals surface area contributed by atoms with Gasteiger partial charge < -0.3 is 9.30 Å². The SMILES string of the molecule is CN(C)c1ccccc1-c1cn2ccccc2n1. The minimum Gasteiger partial charge on any atom is -0.377 e. The van der Waals surface area contributed by atoms with Gasteiger partial charge in [0.1, 0.15) is 5.65 Å². The minimum absolute atomic E-state index is 0.973. The molecule has 0 saturated carbocycles. The van der Waals surface area contributed by atoms with Gasteiger partial charge in [0.2, 0.25) is 0 Å². The molecule has 3 heteroatoms. The molecule has 0 radical (unpaired) electrons. The molecule has 0 atom stereocenters. The van der Waals surface area contributed by atoms with E-state index in [-0.39, 0.29) is 0 Å². The van der Waals surface area contributed by atoms with Gasteiger partial charge in [-0.25, -0.2) is 4.98 Å². The Morgan fingerprint density at radius 3 is 2.56 bits per heavy atom. The molecule has 0 aliphatic rings. The van der Waals surface area contributed by atoms with E-state index in [0.29, 0.717) is 0 Å². The third-order valence-electron chi connectivity index (χ3n) is 3.03. The van der Waals surface area contributed by atoms with Crippen LogP contribution in [0.4, 0.5) is 5.69 Å². The third kappa shape index (κ3) is 1.74. The van der Waals surface area contributed by atoms with Crippen molar-refractivity contribution in [1.82, 2.24) is 9.38 Å². The lowest BCUT2D eigenvalue weighted by atomic mass is 10.1. The fourth-order valence-corrected chi connectivity index (χ4v) is 2.14. The fourth-order valence-electron chi connectivity index (χ4n) is 2.14. The molecule has 18 heavy (non-hydrogen) atoms. The number of benzene rings is 1. The molecule has 2 aromatic heterocycles. The molecule has 0 spiro atoms. The van der Waals surface area contributed by atoms with Gasteiger partial charge in [-0.1, -0.05) is 24.3 Å². The van der Waals surface area contributed by atoms with Crippen LogP contribution in [-0.4, -0.2) is 23.5 Å². The summed E-state index contributed by atoms with van der Waals surface area (Å²) in [4.78, 5) is 6.77. The second-order valence-corrected chi connectivity index (χ2v) is 4.50. The van der Waals surface area contributed by atoms with Gasteiger partial charge in [0.15, 0.2) is 0 Å². The van der Waals surface area contributed by atoms with Gasteiger partial charge in [0.25, 0.3) is 0 Å². The summed E-state index contributed by atoms with van der Waals surface area (Å²) in [6.07, 6.45) is 4.09. The van der Waals surface area contributed by atoms with Crippen molar-refractivity contribution < 1.29 is 0 Å². The number of hydrogen-bond acceptors (Lipinski definition) is 2. The molecule has 0 unspecified atom stereocenters. The summed E-state index contributed by atoms with van der Waals surface area (Å²) in [5, 5.41) is 0. The second kappa shape index (κ2) is 4.18. The van der Waals surface area contributed by atoms with Crippen molar-refractivity contribution in [3.8, 4) is 11.3 Å². The molecule has 90 valence electrons. The molecule has 0 saturated heterocycles. The Kier molecular flexibility index (Phi) is 2.52. The van der Waals surface area contributed by atoms with E-state index >= 15 is 0 Å². The number of anilines is 1. The average Bonchev–Trinajstić information content (AvgIpc) is 2.82. The molecule has 1 aromatic carbocycles. The zero-order valence-electron chi connectivity index (χ0n) is 10.5. The summed E-state index contributed by atoms with van der Waals surface area (Å²) in [6.45, 7) is 0. The van der Waals surface area contributed by atoms with E-state index in [1.807, 2.05) is 34.9 Å². The van der Waals surface area contributed by atoms with E-state index in [1.54, 1.807) is 0 Å². The molecule has 0 N–H and O–H groups in total. The first-order valence-corrected chi connectivity index (χ1v) is 5.96. The molecule has 0 aliphatic heterocycles. The Morgan fingerprint density at radius 1 is 1.00 bits per heavy atom. The first-order valence-electron chi connectivity index (χ1n) is 5.96. The molecule has 3 aromatic rings. The van der Waals surface area contributed by atoms with Crippen molar-refractivity contribution in [2.45, 2.75) is 0 Å². The predicted molar refractivity (Wildman–Crippen MR) is 75.0 cm³/mol. The number of pyridine rings is 1. The highest BCUT2D eigenvalue weighted by molar-refractivity contribution is 5.77. The molecule has 3 rings (SSSR count). The number of nitrogens with zero attached hydrogens (tertiary/aromatic N) is 3. The Labute approximate surface area is 106 Å². The number of aromatic nitrogens is 2. The van der Waals surface area contributed by atoms with Crippen LogP contribution in [0.15, 0.2) is 54.9 Å². The van der Waals surface area contributed by atoms with Crippen molar-refractivity contribution in [3.63, 3.8) is 0 Å². The highest BCUT2D eigenvalue weighted by Crippen LogP contribution is 2.28. The van der Waals surface area contributed by atoms with E-state index in [0.717, 1.165) is 16.9 Å². The molecular formula is C15H15N3. The lowest BCUT2D eigenvalue weighted by Gasteiger charge is -2.15. The van der Waals surface area contributed by atoms with Crippen LogP contribution in [0.5, 0.6) is 0 Å². The van der Waals surface area contributed by atoms with Crippen molar-refractivity contribution in [1.29, 1.82) is 0 Å². The lowest BCUT2D eigenvalue weighted by Crippen LogP contribution is -2.09. The summed E-state index contributed by atoms with van der Waals surface area (Å²) in [5.74, 6) is 0. The number of rotatable bonds is 2. The Hall–Kier alpha value is -2.29. The summed E-state index contributed by atoms with van der Waals surface area (Å²) in [7, 11) is 4.10. The maximum atomic E-state index is 4.66. The van der Waals surface area contributed by atoms with Gasteiger partial charge in [0.05, 0.1) is 5.69 Å². The van der Waals surface area contributed by atoms with Crippen molar-refractivity contribution in [2.75, 3.05) is 19.0 Å². The topological polar surface area (TPSA) is 20.5 Å². The molecule has 0 fully saturated rings. The maximum Gasteiger partial charge on any atom is 0.137 e. The highest BCUT2D eigenvalue weighted by Gasteiger charge is 2.09. The van der Waals surface area contributed by atoms with Gasteiger partial charge in [0, 0.05) is 37.7 Å². The Morgan fingerprint density at radius 2 is 1.78 bits per heavy atom. The predicted octanol–water partition coefficient (Wildman–Crippen LogP) is 3.07. The van der Waals surface area contributed by atoms with E-state index in [9.17, 15) is 0 Å². The Balaban J connectivity index is 2.20. The van der Waals surface area contributed by atoms with Gasteiger partial charge in [-0.3, -0.25) is 0 Å². The molecule has 0 amide bonds. The third-order valence-corrected chi connectivity index (χ3v) is 3.03. The van der Waals surface area contributed by atoms with Crippen molar-refractivity contribution >= 4 is 11.3 Å². The van der Waals surface area contributed by atoms with Crippen LogP contribution < -0.4 is 4.90 Å². The largest absolute Gasteiger partial charge is 0.377 e. The highest BCUT2D eigenvalue weighted by atomic mass is 15.1. The molecule has 0 aliphatic carbocycles. The van der Waals surface area contributed by atoms with Crippen LogP contribution in [0.3, 0.4) is 0 Å². The minimum atomic E-state index is 0.973. The number of fused-ring (bicyclic) bond motifs is 1. The van der Waals surface area contributed by atoms with Gasteiger partial charge in [-0.05, 0) is 18.2 Å². The van der Waals surface area contributed by atoms with Crippen LogP contribution in [0, 0.1) is 0 Å².